The number of benzene rings is 3. The second kappa shape index (κ2) is 12.9. The molecule has 0 spiro atoms. The third-order valence-corrected chi connectivity index (χ3v) is 8.04. The lowest BCUT2D eigenvalue weighted by atomic mass is 10.1. The van der Waals surface area contributed by atoms with Gasteiger partial charge in [0.2, 0.25) is 11.8 Å². The summed E-state index contributed by atoms with van der Waals surface area (Å²) in [5.41, 5.74) is 2.83. The van der Waals surface area contributed by atoms with E-state index in [0.717, 1.165) is 33.1 Å². The van der Waals surface area contributed by atoms with Crippen molar-refractivity contribution >= 4 is 27.5 Å². The Morgan fingerprint density at radius 1 is 0.923 bits per heavy atom. The standard InChI is InChI=1S/C30H36FN3O4S/c1-6-28(30(36)32-21(2)3)33(19-24-9-7-8-23(5)18-24)29(35)20-34(26-14-12-25(31)13-15-26)39(37,38)27-16-10-22(4)11-17-27/h7-18,21,28H,6,19-20H2,1-5H3,(H,32,36)/t28-/m0/s1. The first-order valence-corrected chi connectivity index (χ1v) is 14.4. The molecule has 0 aromatic heterocycles. The van der Waals surface area contributed by atoms with Crippen LogP contribution in [0.1, 0.15) is 43.9 Å². The number of aryl methyl sites for hydroxylation is 2. The molecule has 0 aliphatic carbocycles. The van der Waals surface area contributed by atoms with Gasteiger partial charge in [-0.3, -0.25) is 13.9 Å². The number of rotatable bonds is 11. The van der Waals surface area contributed by atoms with Gasteiger partial charge >= 0.3 is 0 Å². The summed E-state index contributed by atoms with van der Waals surface area (Å²) in [4.78, 5) is 28.5. The molecule has 0 heterocycles. The lowest BCUT2D eigenvalue weighted by molar-refractivity contribution is -0.140. The van der Waals surface area contributed by atoms with Crippen LogP contribution in [0.25, 0.3) is 0 Å². The summed E-state index contributed by atoms with van der Waals surface area (Å²) in [6.45, 7) is 8.80. The summed E-state index contributed by atoms with van der Waals surface area (Å²) >= 11 is 0. The van der Waals surface area contributed by atoms with Gasteiger partial charge in [0.05, 0.1) is 10.6 Å². The molecule has 0 aliphatic heterocycles. The molecule has 3 aromatic rings. The number of halogens is 1. The van der Waals surface area contributed by atoms with Crippen molar-refractivity contribution in [3.8, 4) is 0 Å². The number of hydrogen-bond donors (Lipinski definition) is 1. The first-order chi connectivity index (χ1) is 18.4. The molecule has 2 amide bonds. The third-order valence-electron chi connectivity index (χ3n) is 6.25. The van der Waals surface area contributed by atoms with Crippen molar-refractivity contribution in [1.29, 1.82) is 0 Å². The first kappa shape index (κ1) is 29.8. The number of anilines is 1. The maximum Gasteiger partial charge on any atom is 0.264 e. The van der Waals surface area contributed by atoms with Crippen LogP contribution < -0.4 is 9.62 Å². The van der Waals surface area contributed by atoms with Crippen molar-refractivity contribution in [3.05, 3.63) is 95.3 Å². The molecule has 0 saturated heterocycles. The molecule has 1 atom stereocenters. The average Bonchev–Trinajstić information content (AvgIpc) is 2.87. The Labute approximate surface area is 230 Å². The van der Waals surface area contributed by atoms with Crippen molar-refractivity contribution in [1.82, 2.24) is 10.2 Å². The van der Waals surface area contributed by atoms with E-state index in [2.05, 4.69) is 5.32 Å². The van der Waals surface area contributed by atoms with Crippen LogP contribution in [0.15, 0.2) is 77.7 Å². The van der Waals surface area contributed by atoms with Crippen molar-refractivity contribution < 1.29 is 22.4 Å². The molecule has 3 aromatic carbocycles. The maximum atomic E-state index is 14.0. The zero-order valence-electron chi connectivity index (χ0n) is 23.0. The van der Waals surface area contributed by atoms with Crippen LogP contribution in [0, 0.1) is 19.7 Å². The monoisotopic (exact) mass is 553 g/mol. The Morgan fingerprint density at radius 3 is 2.13 bits per heavy atom. The number of amides is 2. The van der Waals surface area contributed by atoms with Gasteiger partial charge in [-0.1, -0.05) is 54.4 Å². The summed E-state index contributed by atoms with van der Waals surface area (Å²) in [7, 11) is -4.20. The molecule has 0 radical (unpaired) electrons. The average molecular weight is 554 g/mol. The summed E-state index contributed by atoms with van der Waals surface area (Å²) < 4.78 is 42.3. The lowest BCUT2D eigenvalue weighted by Gasteiger charge is -2.33. The van der Waals surface area contributed by atoms with Crippen LogP contribution in [0.2, 0.25) is 0 Å². The minimum atomic E-state index is -4.20. The summed E-state index contributed by atoms with van der Waals surface area (Å²) in [6.07, 6.45) is 0.331. The number of carbonyl (C=O) groups is 2. The van der Waals surface area contributed by atoms with Crippen LogP contribution in [0.3, 0.4) is 0 Å². The fraction of sp³-hybridized carbons (Fsp3) is 0.333. The summed E-state index contributed by atoms with van der Waals surface area (Å²) in [5, 5.41) is 2.87. The largest absolute Gasteiger partial charge is 0.352 e. The van der Waals surface area contributed by atoms with Gasteiger partial charge in [-0.25, -0.2) is 12.8 Å². The number of sulfonamides is 1. The van der Waals surface area contributed by atoms with E-state index in [1.54, 1.807) is 12.1 Å². The van der Waals surface area contributed by atoms with Crippen LogP contribution in [0.5, 0.6) is 0 Å². The van der Waals surface area contributed by atoms with Crippen molar-refractivity contribution in [2.75, 3.05) is 10.8 Å². The van der Waals surface area contributed by atoms with E-state index in [9.17, 15) is 22.4 Å². The minimum Gasteiger partial charge on any atom is -0.352 e. The van der Waals surface area contributed by atoms with Crippen LogP contribution in [0.4, 0.5) is 10.1 Å². The molecule has 0 unspecified atom stereocenters. The molecule has 3 rings (SSSR count). The van der Waals surface area contributed by atoms with E-state index >= 15 is 0 Å². The highest BCUT2D eigenvalue weighted by molar-refractivity contribution is 7.92. The SMILES string of the molecule is CC[C@@H](C(=O)NC(C)C)N(Cc1cccc(C)c1)C(=O)CN(c1ccc(F)cc1)S(=O)(=O)c1ccc(C)cc1. The topological polar surface area (TPSA) is 86.8 Å². The van der Waals surface area contributed by atoms with Crippen molar-refractivity contribution in [3.63, 3.8) is 0 Å². The molecule has 9 heteroatoms. The van der Waals surface area contributed by atoms with Gasteiger partial charge in [0, 0.05) is 12.6 Å². The molecule has 7 nitrogen and oxygen atoms in total. The Morgan fingerprint density at radius 2 is 1.56 bits per heavy atom. The normalized spacial score (nSPS) is 12.2. The van der Waals surface area contributed by atoms with Crippen molar-refractivity contribution in [2.24, 2.45) is 0 Å². The van der Waals surface area contributed by atoms with Gasteiger partial charge in [-0.2, -0.15) is 0 Å². The zero-order valence-corrected chi connectivity index (χ0v) is 23.8. The lowest BCUT2D eigenvalue weighted by Crippen LogP contribution is -2.53. The predicted octanol–water partition coefficient (Wildman–Crippen LogP) is 4.97. The molecular weight excluding hydrogens is 517 g/mol. The Kier molecular flexibility index (Phi) is 9.86. The number of nitrogens with zero attached hydrogens (tertiary/aromatic N) is 2. The van der Waals surface area contributed by atoms with Crippen LogP contribution in [-0.2, 0) is 26.2 Å². The number of nitrogens with one attached hydrogen (secondary N) is 1. The molecule has 1 N–H and O–H groups in total. The van der Waals surface area contributed by atoms with Gasteiger partial charge < -0.3 is 10.2 Å². The van der Waals surface area contributed by atoms with E-state index in [4.69, 9.17) is 0 Å². The maximum absolute atomic E-state index is 14.0. The van der Waals surface area contributed by atoms with Gasteiger partial charge in [0.1, 0.15) is 18.4 Å². The highest BCUT2D eigenvalue weighted by atomic mass is 32.2. The quantitative estimate of drug-likeness (QED) is 0.363. The number of carbonyl (C=O) groups excluding carboxylic acids is 2. The van der Waals surface area contributed by atoms with E-state index in [0.29, 0.717) is 6.42 Å². The summed E-state index contributed by atoms with van der Waals surface area (Å²) in [6, 6.07) is 17.9. The highest BCUT2D eigenvalue weighted by Crippen LogP contribution is 2.25. The Bertz CT molecular complexity index is 1390. The first-order valence-electron chi connectivity index (χ1n) is 12.9. The number of hydrogen-bond acceptors (Lipinski definition) is 4. The Balaban J connectivity index is 2.06. The smallest absolute Gasteiger partial charge is 0.264 e. The minimum absolute atomic E-state index is 0.0000477. The van der Waals surface area contributed by atoms with E-state index < -0.39 is 34.3 Å². The highest BCUT2D eigenvalue weighted by Gasteiger charge is 2.33. The van der Waals surface area contributed by atoms with Gasteiger partial charge in [-0.15, -0.1) is 0 Å². The third kappa shape index (κ3) is 7.66. The zero-order chi connectivity index (χ0) is 28.7. The van der Waals surface area contributed by atoms with E-state index in [1.165, 1.54) is 29.2 Å². The predicted molar refractivity (Wildman–Crippen MR) is 151 cm³/mol. The van der Waals surface area contributed by atoms with Gasteiger partial charge in [0.25, 0.3) is 10.0 Å². The molecule has 0 bridgehead atoms. The second-order valence-corrected chi connectivity index (χ2v) is 11.8. The second-order valence-electron chi connectivity index (χ2n) is 9.90. The molecule has 0 aliphatic rings. The van der Waals surface area contributed by atoms with E-state index in [-0.39, 0.29) is 29.1 Å². The molecule has 0 fully saturated rings. The van der Waals surface area contributed by atoms with Crippen LogP contribution >= 0.6 is 0 Å². The molecule has 39 heavy (non-hydrogen) atoms. The Hall–Kier alpha value is -3.72. The molecule has 0 saturated carbocycles. The fourth-order valence-corrected chi connectivity index (χ4v) is 5.70. The van der Waals surface area contributed by atoms with Gasteiger partial charge in [-0.05, 0) is 76.1 Å². The van der Waals surface area contributed by atoms with Crippen LogP contribution in [-0.4, -0.2) is 43.8 Å². The summed E-state index contributed by atoms with van der Waals surface area (Å²) in [5.74, 6) is -1.40. The van der Waals surface area contributed by atoms with Gasteiger partial charge in [0.15, 0.2) is 0 Å². The molecule has 208 valence electrons. The van der Waals surface area contributed by atoms with Crippen molar-refractivity contribution in [2.45, 2.75) is 64.6 Å². The fourth-order valence-electron chi connectivity index (χ4n) is 4.28. The van der Waals surface area contributed by atoms with E-state index in [1.807, 2.05) is 58.9 Å². The molecular formula is C30H36FN3O4S.